The molecular weight excluding hydrogens is 324 g/mol. The number of hydrogen-bond donors (Lipinski definition) is 1. The maximum atomic E-state index is 13.7. The lowest BCUT2D eigenvalue weighted by atomic mass is 10.0. The minimum absolute atomic E-state index is 0.208. The third kappa shape index (κ3) is 4.35. The largest absolute Gasteiger partial charge is 0.352 e. The van der Waals surface area contributed by atoms with E-state index < -0.39 is 11.6 Å². The Morgan fingerprint density at radius 3 is 2.96 bits per heavy atom. The summed E-state index contributed by atoms with van der Waals surface area (Å²) in [6.45, 7) is 2.00. The fourth-order valence-corrected chi connectivity index (χ4v) is 3.29. The zero-order valence-electron chi connectivity index (χ0n) is 14.5. The molecule has 0 spiro atoms. The molecule has 25 heavy (non-hydrogen) atoms. The van der Waals surface area contributed by atoms with E-state index in [-0.39, 0.29) is 6.54 Å². The quantitative estimate of drug-likeness (QED) is 0.682. The molecule has 0 radical (unpaired) electrons. The molecule has 1 aromatic heterocycles. The number of likely N-dealkylation sites (tertiary alicyclic amines) is 1. The first kappa shape index (κ1) is 17.4. The Morgan fingerprint density at radius 2 is 2.24 bits per heavy atom. The maximum absolute atomic E-state index is 13.7. The molecule has 1 saturated heterocycles. The van der Waals surface area contributed by atoms with Gasteiger partial charge in [0.1, 0.15) is 11.6 Å². The van der Waals surface area contributed by atoms with Gasteiger partial charge in [-0.25, -0.2) is 8.78 Å². The van der Waals surface area contributed by atoms with E-state index in [0.29, 0.717) is 11.5 Å². The van der Waals surface area contributed by atoms with Crippen molar-refractivity contribution in [2.45, 2.75) is 19.4 Å². The van der Waals surface area contributed by atoms with E-state index >= 15 is 0 Å². The Kier molecular flexibility index (Phi) is 5.31. The molecule has 1 aromatic carbocycles. The molecule has 1 unspecified atom stereocenters. The Bertz CT molecular complexity index is 756. The molecule has 0 amide bonds. The van der Waals surface area contributed by atoms with Crippen molar-refractivity contribution >= 4 is 5.96 Å². The predicted octanol–water partition coefficient (Wildman–Crippen LogP) is 2.34. The van der Waals surface area contributed by atoms with Crippen LogP contribution in [0.25, 0.3) is 0 Å². The van der Waals surface area contributed by atoms with Gasteiger partial charge in [0.05, 0.1) is 6.20 Å². The fraction of sp³-hybridized carbons (Fsp3) is 0.444. The molecule has 2 heterocycles. The summed E-state index contributed by atoms with van der Waals surface area (Å²) in [6.07, 6.45) is 6.01. The second-order valence-corrected chi connectivity index (χ2v) is 6.46. The van der Waals surface area contributed by atoms with Crippen LogP contribution >= 0.6 is 0 Å². The molecule has 2 aromatic rings. The average molecular weight is 347 g/mol. The first-order valence-electron chi connectivity index (χ1n) is 8.42. The highest BCUT2D eigenvalue weighted by atomic mass is 19.1. The number of halogens is 2. The Balaban J connectivity index is 1.56. The summed E-state index contributed by atoms with van der Waals surface area (Å²) in [4.78, 5) is 6.45. The predicted molar refractivity (Wildman–Crippen MR) is 93.1 cm³/mol. The van der Waals surface area contributed by atoms with Crippen LogP contribution in [0.5, 0.6) is 0 Å². The van der Waals surface area contributed by atoms with Gasteiger partial charge in [-0.15, -0.1) is 0 Å². The van der Waals surface area contributed by atoms with Crippen molar-refractivity contribution in [2.75, 3.05) is 20.1 Å². The van der Waals surface area contributed by atoms with Crippen LogP contribution in [0.3, 0.4) is 0 Å². The van der Waals surface area contributed by atoms with E-state index in [1.165, 1.54) is 11.6 Å². The number of nitrogens with zero attached hydrogens (tertiary/aromatic N) is 4. The first-order chi connectivity index (χ1) is 12.0. The van der Waals surface area contributed by atoms with Crippen LogP contribution in [-0.2, 0) is 20.0 Å². The second-order valence-electron chi connectivity index (χ2n) is 6.46. The van der Waals surface area contributed by atoms with Crippen LogP contribution in [0.2, 0.25) is 0 Å². The molecule has 134 valence electrons. The third-order valence-electron chi connectivity index (χ3n) is 4.52. The van der Waals surface area contributed by atoms with Gasteiger partial charge in [-0.3, -0.25) is 9.67 Å². The number of hydrogen-bond acceptors (Lipinski definition) is 2. The summed E-state index contributed by atoms with van der Waals surface area (Å²) in [7, 11) is 3.63. The molecule has 0 bridgehead atoms. The van der Waals surface area contributed by atoms with Gasteiger partial charge in [-0.05, 0) is 42.5 Å². The van der Waals surface area contributed by atoms with E-state index in [1.807, 2.05) is 24.1 Å². The minimum Gasteiger partial charge on any atom is -0.352 e. The van der Waals surface area contributed by atoms with E-state index in [2.05, 4.69) is 20.3 Å². The third-order valence-corrected chi connectivity index (χ3v) is 4.52. The molecule has 1 N–H and O–H groups in total. The van der Waals surface area contributed by atoms with Gasteiger partial charge < -0.3 is 10.2 Å². The lowest BCUT2D eigenvalue weighted by molar-refractivity contribution is 0.458. The number of nitrogens with one attached hydrogen (secondary N) is 1. The van der Waals surface area contributed by atoms with Crippen LogP contribution in [0.15, 0.2) is 35.6 Å². The van der Waals surface area contributed by atoms with Crippen molar-refractivity contribution in [3.8, 4) is 0 Å². The van der Waals surface area contributed by atoms with Gasteiger partial charge in [0.25, 0.3) is 0 Å². The van der Waals surface area contributed by atoms with Crippen molar-refractivity contribution in [1.29, 1.82) is 0 Å². The summed E-state index contributed by atoms with van der Waals surface area (Å²) >= 11 is 0. The minimum atomic E-state index is -0.439. The normalized spacial score (nSPS) is 18.0. The Labute approximate surface area is 146 Å². The summed E-state index contributed by atoms with van der Waals surface area (Å²) in [6, 6.07) is 3.48. The van der Waals surface area contributed by atoms with Gasteiger partial charge in [-0.1, -0.05) is 0 Å². The van der Waals surface area contributed by atoms with Gasteiger partial charge in [0.15, 0.2) is 5.96 Å². The van der Waals surface area contributed by atoms with Gasteiger partial charge in [-0.2, -0.15) is 5.10 Å². The Hall–Kier alpha value is -2.44. The summed E-state index contributed by atoms with van der Waals surface area (Å²) in [5.74, 6) is 0.400. The highest BCUT2D eigenvalue weighted by molar-refractivity contribution is 5.80. The molecule has 5 nitrogen and oxygen atoms in total. The van der Waals surface area contributed by atoms with Crippen molar-refractivity contribution in [3.63, 3.8) is 0 Å². The SMILES string of the molecule is CN=C(NCc1cc(F)ccc1F)N1CCC(Cc2cnn(C)c2)C1. The number of aryl methyl sites for hydroxylation is 1. The van der Waals surface area contributed by atoms with Gasteiger partial charge in [0, 0.05) is 45.5 Å². The van der Waals surface area contributed by atoms with Crippen molar-refractivity contribution in [1.82, 2.24) is 20.0 Å². The van der Waals surface area contributed by atoms with Crippen LogP contribution in [-0.4, -0.2) is 40.8 Å². The summed E-state index contributed by atoms with van der Waals surface area (Å²) in [5, 5.41) is 7.35. The molecule has 3 rings (SSSR count). The highest BCUT2D eigenvalue weighted by Crippen LogP contribution is 2.21. The molecule has 7 heteroatoms. The van der Waals surface area contributed by atoms with Crippen molar-refractivity contribution in [3.05, 3.63) is 53.4 Å². The average Bonchev–Trinajstić information content (AvgIpc) is 3.21. The zero-order valence-corrected chi connectivity index (χ0v) is 14.5. The Morgan fingerprint density at radius 1 is 1.40 bits per heavy atom. The fourth-order valence-electron chi connectivity index (χ4n) is 3.29. The molecule has 1 aliphatic rings. The maximum Gasteiger partial charge on any atom is 0.193 e. The van der Waals surface area contributed by atoms with Gasteiger partial charge in [0.2, 0.25) is 0 Å². The standard InChI is InChI=1S/C18H23F2N5/c1-21-18(22-10-15-8-16(19)3-4-17(15)20)25-6-5-13(12-25)7-14-9-23-24(2)11-14/h3-4,8-9,11,13H,5-7,10,12H2,1-2H3,(H,21,22). The number of aromatic nitrogens is 2. The van der Waals surface area contributed by atoms with Crippen LogP contribution in [0, 0.1) is 17.6 Å². The summed E-state index contributed by atoms with van der Waals surface area (Å²) in [5.41, 5.74) is 1.53. The van der Waals surface area contributed by atoms with Crippen molar-refractivity contribution in [2.24, 2.45) is 18.0 Å². The highest BCUT2D eigenvalue weighted by Gasteiger charge is 2.25. The molecule has 1 fully saturated rings. The monoisotopic (exact) mass is 347 g/mol. The second kappa shape index (κ2) is 7.63. The summed E-state index contributed by atoms with van der Waals surface area (Å²) < 4.78 is 28.8. The molecular formula is C18H23F2N5. The molecule has 1 aliphatic heterocycles. The molecule has 0 aliphatic carbocycles. The lowest BCUT2D eigenvalue weighted by Gasteiger charge is -2.22. The van der Waals surface area contributed by atoms with E-state index in [4.69, 9.17) is 0 Å². The van der Waals surface area contributed by atoms with E-state index in [9.17, 15) is 8.78 Å². The van der Waals surface area contributed by atoms with Crippen LogP contribution in [0.1, 0.15) is 17.5 Å². The van der Waals surface area contributed by atoms with E-state index in [1.54, 1.807) is 7.05 Å². The number of aliphatic imine (C=N–C) groups is 1. The first-order valence-corrected chi connectivity index (χ1v) is 8.42. The lowest BCUT2D eigenvalue weighted by Crippen LogP contribution is -2.39. The van der Waals surface area contributed by atoms with Crippen LogP contribution in [0.4, 0.5) is 8.78 Å². The number of rotatable bonds is 4. The smallest absolute Gasteiger partial charge is 0.193 e. The molecule has 1 atom stereocenters. The van der Waals surface area contributed by atoms with Gasteiger partial charge >= 0.3 is 0 Å². The van der Waals surface area contributed by atoms with Crippen molar-refractivity contribution < 1.29 is 8.78 Å². The number of guanidine groups is 1. The van der Waals surface area contributed by atoms with Crippen LogP contribution < -0.4 is 5.32 Å². The number of benzene rings is 1. The van der Waals surface area contributed by atoms with E-state index in [0.717, 1.165) is 44.0 Å². The topological polar surface area (TPSA) is 45.5 Å². The molecule has 0 saturated carbocycles. The zero-order chi connectivity index (χ0) is 17.8.